The first-order chi connectivity index (χ1) is 28.7. The van der Waals surface area contributed by atoms with Crippen LogP contribution in [-0.2, 0) is 0 Å². The highest BCUT2D eigenvalue weighted by molar-refractivity contribution is 7.25. The summed E-state index contributed by atoms with van der Waals surface area (Å²) in [5, 5.41) is 7.03. The van der Waals surface area contributed by atoms with Crippen molar-refractivity contribution in [3.8, 4) is 33.4 Å². The van der Waals surface area contributed by atoms with E-state index < -0.39 is 0 Å². The quantitative estimate of drug-likeness (QED) is 0.169. The monoisotopic (exact) mass is 759 g/mol. The van der Waals surface area contributed by atoms with E-state index in [2.05, 4.69) is 181 Å². The molecule has 12 rings (SSSR count). The molecule has 3 heterocycles. The van der Waals surface area contributed by atoms with Gasteiger partial charge in [-0.25, -0.2) is 0 Å². The van der Waals surface area contributed by atoms with Crippen LogP contribution in [-0.4, -0.2) is 0 Å². The van der Waals surface area contributed by atoms with Gasteiger partial charge in [-0.2, -0.15) is 0 Å². The number of fused-ring (bicyclic) bond motifs is 10. The van der Waals surface area contributed by atoms with Gasteiger partial charge in [0, 0.05) is 58.8 Å². The Bertz CT molecular complexity index is 3480. The molecule has 0 atom stereocenters. The van der Waals surface area contributed by atoms with Crippen LogP contribution in [0.5, 0.6) is 0 Å². The Morgan fingerprint density at radius 2 is 0.828 bits per heavy atom. The molecule has 0 unspecified atom stereocenters. The number of rotatable bonds is 6. The number of hydrogen-bond acceptors (Lipinski definition) is 4. The molecule has 0 saturated heterocycles. The van der Waals surface area contributed by atoms with Crippen molar-refractivity contribution in [3.63, 3.8) is 0 Å². The molecule has 0 bridgehead atoms. The summed E-state index contributed by atoms with van der Waals surface area (Å²) in [5.41, 5.74) is 13.8. The molecule has 3 nitrogen and oxygen atoms in total. The lowest BCUT2D eigenvalue weighted by molar-refractivity contribution is 0.663. The molecule has 0 fully saturated rings. The molecule has 0 radical (unpaired) electrons. The zero-order chi connectivity index (χ0) is 38.2. The molecule has 0 saturated carbocycles. The lowest BCUT2D eigenvalue weighted by Crippen LogP contribution is -2.09. The third kappa shape index (κ3) is 5.27. The minimum absolute atomic E-state index is 0.862. The van der Waals surface area contributed by atoms with E-state index in [1.165, 1.54) is 42.4 Å². The number of furan rings is 2. The van der Waals surface area contributed by atoms with Crippen molar-refractivity contribution in [2.75, 3.05) is 4.90 Å². The molecular weight excluding hydrogens is 727 g/mol. The zero-order valence-corrected chi connectivity index (χ0v) is 32.0. The van der Waals surface area contributed by atoms with Crippen molar-refractivity contribution in [2.24, 2.45) is 0 Å². The van der Waals surface area contributed by atoms with Gasteiger partial charge in [-0.1, -0.05) is 121 Å². The molecule has 272 valence electrons. The van der Waals surface area contributed by atoms with Crippen molar-refractivity contribution in [1.82, 2.24) is 0 Å². The highest BCUT2D eigenvalue weighted by atomic mass is 32.1. The Morgan fingerprint density at radius 3 is 1.53 bits per heavy atom. The minimum Gasteiger partial charge on any atom is -0.456 e. The summed E-state index contributed by atoms with van der Waals surface area (Å²) in [4.78, 5) is 2.34. The zero-order valence-electron chi connectivity index (χ0n) is 31.2. The molecule has 9 aromatic carbocycles. The Hall–Kier alpha value is -7.40. The predicted octanol–water partition coefficient (Wildman–Crippen LogP) is 16.3. The Kier molecular flexibility index (Phi) is 7.40. The van der Waals surface area contributed by atoms with E-state index in [0.29, 0.717) is 0 Å². The lowest BCUT2D eigenvalue weighted by Gasteiger charge is -2.26. The van der Waals surface area contributed by atoms with E-state index in [-0.39, 0.29) is 0 Å². The molecule has 3 aromatic heterocycles. The van der Waals surface area contributed by atoms with Crippen LogP contribution in [0.1, 0.15) is 0 Å². The largest absolute Gasteiger partial charge is 0.456 e. The Labute approximate surface area is 338 Å². The average Bonchev–Trinajstić information content (AvgIpc) is 3.98. The van der Waals surface area contributed by atoms with E-state index in [9.17, 15) is 0 Å². The van der Waals surface area contributed by atoms with Crippen molar-refractivity contribution in [2.45, 2.75) is 0 Å². The smallest absolute Gasteiger partial charge is 0.136 e. The highest BCUT2D eigenvalue weighted by Crippen LogP contribution is 2.44. The summed E-state index contributed by atoms with van der Waals surface area (Å²) < 4.78 is 15.3. The fourth-order valence-electron chi connectivity index (χ4n) is 8.75. The van der Waals surface area contributed by atoms with Gasteiger partial charge in [0.15, 0.2) is 0 Å². The molecule has 0 aliphatic heterocycles. The van der Waals surface area contributed by atoms with E-state index in [1.807, 2.05) is 35.6 Å². The summed E-state index contributed by atoms with van der Waals surface area (Å²) in [6, 6.07) is 71.5. The van der Waals surface area contributed by atoms with Crippen LogP contribution in [0.4, 0.5) is 17.1 Å². The molecule has 0 spiro atoms. The number of thiophene rings is 1. The first-order valence-corrected chi connectivity index (χ1v) is 20.4. The maximum Gasteiger partial charge on any atom is 0.136 e. The van der Waals surface area contributed by atoms with Crippen LogP contribution in [0.3, 0.4) is 0 Å². The van der Waals surface area contributed by atoms with Crippen LogP contribution >= 0.6 is 11.3 Å². The maximum atomic E-state index is 6.49. The molecular formula is C54H33NO2S. The van der Waals surface area contributed by atoms with Gasteiger partial charge in [0.2, 0.25) is 0 Å². The van der Waals surface area contributed by atoms with Gasteiger partial charge in [0.05, 0.1) is 0 Å². The molecule has 0 aliphatic rings. The summed E-state index contributed by atoms with van der Waals surface area (Å²) in [6.45, 7) is 0. The standard InChI is InChI=1S/C54H33NO2S/c1-2-9-34(10-3-1)35-17-24-39(25-18-35)55(41-28-21-37(22-29-41)42-13-8-16-51-52(42)45-12-5-7-15-50(45)58-51)40-26-19-36(20-27-40)38-23-30-44-49(33-38)57-48-32-31-47-53(54(44)48)43-11-4-6-14-46(43)56-47/h1-33H. The van der Waals surface area contributed by atoms with E-state index >= 15 is 0 Å². The fourth-order valence-corrected chi connectivity index (χ4v) is 9.88. The van der Waals surface area contributed by atoms with Gasteiger partial charge in [0.25, 0.3) is 0 Å². The summed E-state index contributed by atoms with van der Waals surface area (Å²) >= 11 is 1.86. The van der Waals surface area contributed by atoms with Gasteiger partial charge in [0.1, 0.15) is 22.3 Å². The third-order valence-electron chi connectivity index (χ3n) is 11.5. The molecule has 12 aromatic rings. The average molecular weight is 760 g/mol. The van der Waals surface area contributed by atoms with Crippen molar-refractivity contribution >= 4 is 92.4 Å². The van der Waals surface area contributed by atoms with E-state index in [0.717, 1.165) is 72.1 Å². The molecule has 4 heteroatoms. The van der Waals surface area contributed by atoms with Gasteiger partial charge in [-0.3, -0.25) is 0 Å². The first-order valence-electron chi connectivity index (χ1n) is 19.6. The number of hydrogen-bond donors (Lipinski definition) is 0. The van der Waals surface area contributed by atoms with Crippen LogP contribution < -0.4 is 4.90 Å². The van der Waals surface area contributed by atoms with Crippen molar-refractivity contribution in [1.29, 1.82) is 0 Å². The van der Waals surface area contributed by atoms with Crippen LogP contribution in [0, 0.1) is 0 Å². The predicted molar refractivity (Wildman–Crippen MR) is 245 cm³/mol. The number of anilines is 3. The second-order valence-corrected chi connectivity index (χ2v) is 15.9. The number of benzene rings is 9. The normalized spacial score (nSPS) is 11.8. The molecule has 0 amide bonds. The topological polar surface area (TPSA) is 29.5 Å². The second kappa shape index (κ2) is 13.1. The maximum absolute atomic E-state index is 6.49. The highest BCUT2D eigenvalue weighted by Gasteiger charge is 2.18. The number of para-hydroxylation sites is 1. The summed E-state index contributed by atoms with van der Waals surface area (Å²) in [5.74, 6) is 0. The SMILES string of the molecule is c1ccc(-c2ccc(N(c3ccc(-c4ccc5c(c4)oc4ccc6oc7ccccc7c6c45)cc3)c3ccc(-c4cccc5sc6ccccc6c45)cc3)cc2)cc1. The molecule has 0 N–H and O–H groups in total. The van der Waals surface area contributed by atoms with Gasteiger partial charge in [-0.05, 0) is 112 Å². The van der Waals surface area contributed by atoms with Gasteiger partial charge >= 0.3 is 0 Å². The summed E-state index contributed by atoms with van der Waals surface area (Å²) in [6.07, 6.45) is 0. The third-order valence-corrected chi connectivity index (χ3v) is 12.6. The first kappa shape index (κ1) is 32.8. The second-order valence-electron chi connectivity index (χ2n) is 14.8. The van der Waals surface area contributed by atoms with E-state index in [4.69, 9.17) is 8.83 Å². The Balaban J connectivity index is 0.930. The molecule has 0 aliphatic carbocycles. The van der Waals surface area contributed by atoms with Crippen LogP contribution in [0.25, 0.3) is 97.4 Å². The van der Waals surface area contributed by atoms with Gasteiger partial charge in [-0.15, -0.1) is 11.3 Å². The van der Waals surface area contributed by atoms with Crippen molar-refractivity contribution in [3.05, 3.63) is 200 Å². The molecule has 58 heavy (non-hydrogen) atoms. The van der Waals surface area contributed by atoms with Crippen molar-refractivity contribution < 1.29 is 8.83 Å². The van der Waals surface area contributed by atoms with Crippen LogP contribution in [0.15, 0.2) is 209 Å². The number of nitrogens with zero attached hydrogens (tertiary/aromatic N) is 1. The van der Waals surface area contributed by atoms with Crippen LogP contribution in [0.2, 0.25) is 0 Å². The Morgan fingerprint density at radius 1 is 0.310 bits per heavy atom. The van der Waals surface area contributed by atoms with E-state index in [1.54, 1.807) is 0 Å². The summed E-state index contributed by atoms with van der Waals surface area (Å²) in [7, 11) is 0. The van der Waals surface area contributed by atoms with Gasteiger partial charge < -0.3 is 13.7 Å². The lowest BCUT2D eigenvalue weighted by atomic mass is 9.99. The fraction of sp³-hybridized carbons (Fsp3) is 0. The minimum atomic E-state index is 0.862.